The van der Waals surface area contributed by atoms with Crippen LogP contribution in [-0.4, -0.2) is 28.5 Å². The Hall–Kier alpha value is -0.320. The first kappa shape index (κ1) is 13.1. The van der Waals surface area contributed by atoms with E-state index in [-0.39, 0.29) is 11.2 Å². The average Bonchev–Trinajstić information content (AvgIpc) is 2.39. The molecule has 1 aromatic rings. The van der Waals surface area contributed by atoms with E-state index >= 15 is 0 Å². The van der Waals surface area contributed by atoms with Crippen molar-refractivity contribution in [3.8, 4) is 0 Å². The summed E-state index contributed by atoms with van der Waals surface area (Å²) in [5.41, 5.74) is 0.969. The highest BCUT2D eigenvalue weighted by molar-refractivity contribution is 8.07. The smallest absolute Gasteiger partial charge is 0.320 e. The van der Waals surface area contributed by atoms with Crippen LogP contribution in [0.2, 0.25) is 5.02 Å². The van der Waals surface area contributed by atoms with E-state index in [2.05, 4.69) is 0 Å². The summed E-state index contributed by atoms with van der Waals surface area (Å²) in [7, 11) is 0. The highest BCUT2D eigenvalue weighted by atomic mass is 35.5. The van der Waals surface area contributed by atoms with Gasteiger partial charge in [-0.2, -0.15) is 11.8 Å². The topological polar surface area (TPSA) is 26.3 Å². The first-order valence-corrected chi connectivity index (χ1v) is 7.94. The molecule has 0 aliphatic carbocycles. The van der Waals surface area contributed by atoms with Crippen LogP contribution in [0.3, 0.4) is 0 Å². The fourth-order valence-electron chi connectivity index (χ4n) is 1.45. The second kappa shape index (κ2) is 6.57. The van der Waals surface area contributed by atoms with Gasteiger partial charge in [0.15, 0.2) is 0 Å². The van der Waals surface area contributed by atoms with Crippen LogP contribution in [-0.2, 0) is 16.1 Å². The van der Waals surface area contributed by atoms with Gasteiger partial charge < -0.3 is 4.74 Å². The minimum Gasteiger partial charge on any atom is -0.460 e. The number of hydrogen-bond donors (Lipinski definition) is 0. The van der Waals surface area contributed by atoms with Gasteiger partial charge in [0, 0.05) is 22.3 Å². The molecule has 2 rings (SSSR count). The Morgan fingerprint density at radius 1 is 1.35 bits per heavy atom. The molecule has 0 radical (unpaired) electrons. The number of rotatable bonds is 3. The molecule has 1 heterocycles. The minimum absolute atomic E-state index is 0.000972. The molecular weight excluding hydrogens is 276 g/mol. The lowest BCUT2D eigenvalue weighted by Crippen LogP contribution is -2.26. The summed E-state index contributed by atoms with van der Waals surface area (Å²) >= 11 is 9.29. The number of benzene rings is 1. The molecule has 0 saturated carbocycles. The van der Waals surface area contributed by atoms with Crippen LogP contribution >= 0.6 is 35.1 Å². The largest absolute Gasteiger partial charge is 0.460 e. The average molecular weight is 289 g/mol. The van der Waals surface area contributed by atoms with Crippen molar-refractivity contribution in [2.24, 2.45) is 0 Å². The standard InChI is InChI=1S/C12H13ClO2S2/c13-10-3-1-9(2-4-10)7-15-12(14)11-8-16-5-6-17-11/h1-4,11H,5-8H2/t11-/m1/s1. The summed E-state index contributed by atoms with van der Waals surface area (Å²) in [5, 5.41) is 0.695. The van der Waals surface area contributed by atoms with Gasteiger partial charge >= 0.3 is 5.97 Å². The number of carbonyl (C=O) groups is 1. The van der Waals surface area contributed by atoms with Crippen molar-refractivity contribution in [3.05, 3.63) is 34.9 Å². The van der Waals surface area contributed by atoms with Gasteiger partial charge in [-0.25, -0.2) is 0 Å². The molecule has 1 aliphatic heterocycles. The van der Waals surface area contributed by atoms with Crippen molar-refractivity contribution in [1.82, 2.24) is 0 Å². The fourth-order valence-corrected chi connectivity index (χ4v) is 4.11. The summed E-state index contributed by atoms with van der Waals surface area (Å²) in [5.74, 6) is 2.93. The van der Waals surface area contributed by atoms with Gasteiger partial charge in [0.25, 0.3) is 0 Å². The van der Waals surface area contributed by atoms with Gasteiger partial charge in [-0.15, -0.1) is 11.8 Å². The maximum absolute atomic E-state index is 11.8. The van der Waals surface area contributed by atoms with Crippen LogP contribution in [0.4, 0.5) is 0 Å². The number of carbonyl (C=O) groups excluding carboxylic acids is 1. The van der Waals surface area contributed by atoms with E-state index in [4.69, 9.17) is 16.3 Å². The number of thioether (sulfide) groups is 2. The third kappa shape index (κ3) is 4.12. The minimum atomic E-state index is -0.0999. The molecule has 0 spiro atoms. The summed E-state index contributed by atoms with van der Waals surface area (Å²) in [6, 6.07) is 7.35. The lowest BCUT2D eigenvalue weighted by atomic mass is 10.2. The second-order valence-electron chi connectivity index (χ2n) is 3.67. The Kier molecular flexibility index (Phi) is 5.07. The van der Waals surface area contributed by atoms with Gasteiger partial charge in [-0.05, 0) is 17.7 Å². The zero-order valence-electron chi connectivity index (χ0n) is 9.23. The van der Waals surface area contributed by atoms with Crippen molar-refractivity contribution < 1.29 is 9.53 Å². The van der Waals surface area contributed by atoms with E-state index in [0.717, 1.165) is 22.8 Å². The van der Waals surface area contributed by atoms with Crippen molar-refractivity contribution in [2.45, 2.75) is 11.9 Å². The molecule has 0 bridgehead atoms. The summed E-state index contributed by atoms with van der Waals surface area (Å²) in [4.78, 5) is 11.8. The summed E-state index contributed by atoms with van der Waals surface area (Å²) < 4.78 is 5.29. The quantitative estimate of drug-likeness (QED) is 0.798. The highest BCUT2D eigenvalue weighted by Gasteiger charge is 2.23. The molecule has 1 aromatic carbocycles. The number of hydrogen-bond acceptors (Lipinski definition) is 4. The Bertz CT molecular complexity index is 375. The van der Waals surface area contributed by atoms with E-state index < -0.39 is 0 Å². The monoisotopic (exact) mass is 288 g/mol. The molecule has 1 aliphatic rings. The fraction of sp³-hybridized carbons (Fsp3) is 0.417. The van der Waals surface area contributed by atoms with E-state index in [1.165, 1.54) is 0 Å². The van der Waals surface area contributed by atoms with Gasteiger partial charge in [0.05, 0.1) is 0 Å². The van der Waals surface area contributed by atoms with E-state index in [0.29, 0.717) is 11.6 Å². The van der Waals surface area contributed by atoms with Crippen LogP contribution in [0.15, 0.2) is 24.3 Å². The van der Waals surface area contributed by atoms with E-state index in [9.17, 15) is 4.79 Å². The van der Waals surface area contributed by atoms with Crippen molar-refractivity contribution >= 4 is 41.1 Å². The third-order valence-corrected chi connectivity index (χ3v) is 5.36. The molecule has 17 heavy (non-hydrogen) atoms. The van der Waals surface area contributed by atoms with Crippen LogP contribution in [0.1, 0.15) is 5.56 Å². The van der Waals surface area contributed by atoms with E-state index in [1.807, 2.05) is 23.9 Å². The van der Waals surface area contributed by atoms with Crippen LogP contribution in [0.25, 0.3) is 0 Å². The maximum atomic E-state index is 11.8. The number of ether oxygens (including phenoxy) is 1. The number of halogens is 1. The van der Waals surface area contributed by atoms with Crippen LogP contribution in [0.5, 0.6) is 0 Å². The molecule has 1 atom stereocenters. The first-order valence-electron chi connectivity index (χ1n) is 5.36. The van der Waals surface area contributed by atoms with Crippen LogP contribution in [0, 0.1) is 0 Å². The summed E-state index contributed by atoms with van der Waals surface area (Å²) in [6.07, 6.45) is 0. The van der Waals surface area contributed by atoms with Crippen LogP contribution < -0.4 is 0 Å². The molecule has 0 unspecified atom stereocenters. The lowest BCUT2D eigenvalue weighted by Gasteiger charge is -2.19. The van der Waals surface area contributed by atoms with Gasteiger partial charge in [-0.3, -0.25) is 4.79 Å². The molecule has 5 heteroatoms. The predicted octanol–water partition coefficient (Wildman–Crippen LogP) is 3.23. The third-order valence-electron chi connectivity index (χ3n) is 2.37. The predicted molar refractivity (Wildman–Crippen MR) is 74.8 cm³/mol. The molecule has 92 valence electrons. The highest BCUT2D eigenvalue weighted by Crippen LogP contribution is 2.25. The first-order chi connectivity index (χ1) is 8.25. The molecule has 2 nitrogen and oxygen atoms in total. The molecule has 0 aromatic heterocycles. The van der Waals surface area contributed by atoms with Gasteiger partial charge in [0.2, 0.25) is 0 Å². The van der Waals surface area contributed by atoms with E-state index in [1.54, 1.807) is 23.9 Å². The Morgan fingerprint density at radius 2 is 2.12 bits per heavy atom. The normalized spacial score (nSPS) is 19.9. The maximum Gasteiger partial charge on any atom is 0.320 e. The lowest BCUT2D eigenvalue weighted by molar-refractivity contribution is -0.143. The Labute approximate surface area is 114 Å². The molecule has 1 fully saturated rings. The Morgan fingerprint density at radius 3 is 2.76 bits per heavy atom. The summed E-state index contributed by atoms with van der Waals surface area (Å²) in [6.45, 7) is 0.331. The Balaban J connectivity index is 1.81. The molecule has 1 saturated heterocycles. The van der Waals surface area contributed by atoms with Crippen molar-refractivity contribution in [3.63, 3.8) is 0 Å². The van der Waals surface area contributed by atoms with Gasteiger partial charge in [-0.1, -0.05) is 23.7 Å². The molecule has 0 amide bonds. The van der Waals surface area contributed by atoms with Crippen molar-refractivity contribution in [2.75, 3.05) is 17.3 Å². The molecule has 0 N–H and O–H groups in total. The zero-order chi connectivity index (χ0) is 12.1. The second-order valence-corrected chi connectivity index (χ2v) is 6.57. The van der Waals surface area contributed by atoms with Gasteiger partial charge in [0.1, 0.15) is 11.9 Å². The van der Waals surface area contributed by atoms with Crippen molar-refractivity contribution in [1.29, 1.82) is 0 Å². The zero-order valence-corrected chi connectivity index (χ0v) is 11.6. The SMILES string of the molecule is O=C(OCc1ccc(Cl)cc1)[C@H]1CSCCS1. The molecular formula is C12H13ClO2S2. The number of esters is 1.